The van der Waals surface area contributed by atoms with Gasteiger partial charge in [-0.05, 0) is 58.1 Å². The molecule has 1 aliphatic rings. The number of allylic oxidation sites excluding steroid dienone is 1. The molecule has 4 rings (SSSR count). The van der Waals surface area contributed by atoms with Crippen LogP contribution in [0.4, 0.5) is 18.9 Å². The van der Waals surface area contributed by atoms with Gasteiger partial charge in [-0.3, -0.25) is 9.48 Å². The van der Waals surface area contributed by atoms with Gasteiger partial charge in [0.25, 0.3) is 5.91 Å². The molecule has 10 heteroatoms. The first-order valence-corrected chi connectivity index (χ1v) is 12.1. The summed E-state index contributed by atoms with van der Waals surface area (Å²) in [5, 5.41) is 11.5. The van der Waals surface area contributed by atoms with E-state index in [9.17, 15) is 18.0 Å². The van der Waals surface area contributed by atoms with Crippen LogP contribution in [0.3, 0.4) is 0 Å². The number of hydrogen-bond donors (Lipinski definition) is 2. The first kappa shape index (κ1) is 26.4. The molecule has 196 valence electrons. The monoisotopic (exact) mass is 512 g/mol. The maximum atomic E-state index is 13.7. The van der Waals surface area contributed by atoms with E-state index in [1.54, 1.807) is 55.2 Å². The summed E-state index contributed by atoms with van der Waals surface area (Å²) < 4.78 is 42.6. The normalized spacial score (nSPS) is 15.4. The summed E-state index contributed by atoms with van der Waals surface area (Å²) >= 11 is 0. The predicted molar refractivity (Wildman–Crippen MR) is 140 cm³/mol. The number of fused-ring (bicyclic) bond motifs is 1. The van der Waals surface area contributed by atoms with Crippen molar-refractivity contribution in [2.45, 2.75) is 32.0 Å². The quantitative estimate of drug-likeness (QED) is 0.476. The molecule has 2 aromatic heterocycles. The number of aryl methyl sites for hydroxylation is 2. The van der Waals surface area contributed by atoms with Crippen molar-refractivity contribution in [2.24, 2.45) is 7.05 Å². The molecule has 7 nitrogen and oxygen atoms in total. The number of carbonyl (C=O) groups is 1. The van der Waals surface area contributed by atoms with Crippen LogP contribution in [0.15, 0.2) is 43.1 Å². The van der Waals surface area contributed by atoms with Crippen molar-refractivity contribution in [1.82, 2.24) is 25.0 Å². The van der Waals surface area contributed by atoms with Crippen molar-refractivity contribution in [1.29, 1.82) is 0 Å². The minimum atomic E-state index is -4.62. The molecule has 0 saturated carbocycles. The number of nitrogens with one attached hydrogen (secondary N) is 2. The van der Waals surface area contributed by atoms with E-state index in [1.165, 1.54) is 0 Å². The lowest BCUT2D eigenvalue weighted by molar-refractivity contribution is -0.0688. The van der Waals surface area contributed by atoms with Crippen molar-refractivity contribution in [3.8, 4) is 0 Å². The van der Waals surface area contributed by atoms with Gasteiger partial charge in [-0.2, -0.15) is 18.3 Å². The standard InChI is InChI=1S/C27H31F3N6O/c1-17(27(28,29)30)25-21-8-5-9-24(32-19-10-13-35(3)14-11-19)22(21)15-20(33-25)7-6-12-31-26(37)23-16-36(4)34-18(23)2/h5-9,15-16,19,32H,1,10-14H2,2-4H3,(H,31,37)/b7-6+. The van der Waals surface area contributed by atoms with Crippen LogP contribution >= 0.6 is 0 Å². The van der Waals surface area contributed by atoms with Crippen LogP contribution in [0.5, 0.6) is 0 Å². The second kappa shape index (κ2) is 10.8. The Bertz CT molecular complexity index is 1340. The second-order valence-electron chi connectivity index (χ2n) is 9.41. The Morgan fingerprint density at radius 3 is 2.59 bits per heavy atom. The number of aromatic nitrogens is 3. The molecule has 1 aliphatic heterocycles. The molecule has 0 spiro atoms. The van der Waals surface area contributed by atoms with Gasteiger partial charge in [-0.25, -0.2) is 4.98 Å². The summed E-state index contributed by atoms with van der Waals surface area (Å²) in [5.41, 5.74) is 0.988. The molecule has 2 N–H and O–H groups in total. The average Bonchev–Trinajstić information content (AvgIpc) is 3.19. The number of rotatable bonds is 7. The first-order valence-electron chi connectivity index (χ1n) is 12.1. The molecule has 1 saturated heterocycles. The highest BCUT2D eigenvalue weighted by molar-refractivity contribution is 6.01. The number of amides is 1. The lowest BCUT2D eigenvalue weighted by Crippen LogP contribution is -2.36. The average molecular weight is 513 g/mol. The van der Waals surface area contributed by atoms with E-state index < -0.39 is 11.7 Å². The summed E-state index contributed by atoms with van der Waals surface area (Å²) in [4.78, 5) is 19.0. The van der Waals surface area contributed by atoms with Gasteiger partial charge in [0.05, 0.1) is 28.2 Å². The highest BCUT2D eigenvalue weighted by atomic mass is 19.4. The third kappa shape index (κ3) is 6.19. The molecule has 3 heterocycles. The van der Waals surface area contributed by atoms with Crippen LogP contribution in [0.25, 0.3) is 22.4 Å². The Balaban J connectivity index is 1.61. The van der Waals surface area contributed by atoms with Crippen LogP contribution in [0.1, 0.15) is 40.3 Å². The van der Waals surface area contributed by atoms with Gasteiger partial charge in [-0.1, -0.05) is 24.8 Å². The lowest BCUT2D eigenvalue weighted by Gasteiger charge is -2.30. The van der Waals surface area contributed by atoms with E-state index >= 15 is 0 Å². The summed E-state index contributed by atoms with van der Waals surface area (Å²) in [6.45, 7) is 7.14. The molecule has 1 amide bonds. The fourth-order valence-electron chi connectivity index (χ4n) is 4.49. The molecule has 1 aromatic carbocycles. The van der Waals surface area contributed by atoms with Gasteiger partial charge in [0.1, 0.15) is 0 Å². The maximum absolute atomic E-state index is 13.7. The van der Waals surface area contributed by atoms with E-state index in [0.717, 1.165) is 31.6 Å². The van der Waals surface area contributed by atoms with Gasteiger partial charge in [-0.15, -0.1) is 0 Å². The Morgan fingerprint density at radius 1 is 1.22 bits per heavy atom. The van der Waals surface area contributed by atoms with E-state index in [1.807, 2.05) is 6.07 Å². The number of benzene rings is 1. The molecule has 0 bridgehead atoms. The van der Waals surface area contributed by atoms with Gasteiger partial charge in [0.15, 0.2) is 0 Å². The van der Waals surface area contributed by atoms with Crippen LogP contribution in [-0.2, 0) is 7.05 Å². The highest BCUT2D eigenvalue weighted by Crippen LogP contribution is 2.37. The molecule has 3 aromatic rings. The van der Waals surface area contributed by atoms with Gasteiger partial charge in [0, 0.05) is 42.3 Å². The van der Waals surface area contributed by atoms with Gasteiger partial charge in [0.2, 0.25) is 0 Å². The Hall–Kier alpha value is -3.66. The fraction of sp³-hybridized carbons (Fsp3) is 0.370. The molecular formula is C27H31F3N6O. The summed E-state index contributed by atoms with van der Waals surface area (Å²) in [5.74, 6) is -0.280. The van der Waals surface area contributed by atoms with E-state index in [0.29, 0.717) is 27.7 Å². The number of alkyl halides is 3. The number of halogens is 3. The van der Waals surface area contributed by atoms with E-state index in [-0.39, 0.29) is 24.2 Å². The summed E-state index contributed by atoms with van der Waals surface area (Å²) in [6.07, 6.45) is 2.18. The highest BCUT2D eigenvalue weighted by Gasteiger charge is 2.35. The smallest absolute Gasteiger partial charge is 0.382 e. The van der Waals surface area contributed by atoms with Crippen molar-refractivity contribution >= 4 is 34.0 Å². The predicted octanol–water partition coefficient (Wildman–Crippen LogP) is 4.80. The number of carbonyl (C=O) groups excluding carboxylic acids is 1. The zero-order chi connectivity index (χ0) is 26.7. The van der Waals surface area contributed by atoms with Gasteiger partial charge >= 0.3 is 6.18 Å². The third-order valence-corrected chi connectivity index (χ3v) is 6.53. The fourth-order valence-corrected chi connectivity index (χ4v) is 4.49. The van der Waals surface area contributed by atoms with Crippen molar-refractivity contribution in [3.63, 3.8) is 0 Å². The van der Waals surface area contributed by atoms with Crippen molar-refractivity contribution in [2.75, 3.05) is 32.0 Å². The largest absolute Gasteiger partial charge is 0.417 e. The number of anilines is 1. The lowest BCUT2D eigenvalue weighted by atomic mass is 10.00. The number of hydrogen-bond acceptors (Lipinski definition) is 5. The van der Waals surface area contributed by atoms with Crippen LogP contribution in [0, 0.1) is 6.92 Å². The molecular weight excluding hydrogens is 481 g/mol. The summed E-state index contributed by atoms with van der Waals surface area (Å²) in [6, 6.07) is 7.25. The third-order valence-electron chi connectivity index (χ3n) is 6.53. The zero-order valence-electron chi connectivity index (χ0n) is 21.2. The number of nitrogens with zero attached hydrogens (tertiary/aromatic N) is 4. The Morgan fingerprint density at radius 2 is 1.95 bits per heavy atom. The van der Waals surface area contributed by atoms with Crippen molar-refractivity contribution in [3.05, 3.63) is 65.8 Å². The van der Waals surface area contributed by atoms with E-state index in [4.69, 9.17) is 0 Å². The minimum Gasteiger partial charge on any atom is -0.382 e. The Labute approximate surface area is 214 Å². The molecule has 0 radical (unpaired) electrons. The number of pyridine rings is 1. The SMILES string of the molecule is C=C(c1nc(/C=C/CNC(=O)c2cn(C)nc2C)cc2c(NC3CCN(C)CC3)cccc12)C(F)(F)F. The Kier molecular flexibility index (Phi) is 7.68. The van der Waals surface area contributed by atoms with Crippen LogP contribution in [0.2, 0.25) is 0 Å². The first-order chi connectivity index (χ1) is 17.5. The van der Waals surface area contributed by atoms with Crippen LogP contribution in [-0.4, -0.2) is 64.5 Å². The summed E-state index contributed by atoms with van der Waals surface area (Å²) in [7, 11) is 3.81. The molecule has 0 unspecified atom stereocenters. The molecule has 0 aliphatic carbocycles. The second-order valence-corrected chi connectivity index (χ2v) is 9.41. The molecule has 1 fully saturated rings. The molecule has 37 heavy (non-hydrogen) atoms. The minimum absolute atomic E-state index is 0.178. The van der Waals surface area contributed by atoms with E-state index in [2.05, 4.69) is 39.2 Å². The maximum Gasteiger partial charge on any atom is 0.417 e. The number of piperidine rings is 1. The van der Waals surface area contributed by atoms with Crippen LogP contribution < -0.4 is 10.6 Å². The topological polar surface area (TPSA) is 75.1 Å². The van der Waals surface area contributed by atoms with Crippen molar-refractivity contribution < 1.29 is 18.0 Å². The van der Waals surface area contributed by atoms with Gasteiger partial charge < -0.3 is 15.5 Å². The number of likely N-dealkylation sites (tertiary alicyclic amines) is 1. The zero-order valence-corrected chi connectivity index (χ0v) is 21.2. The molecule has 0 atom stereocenters.